The fourth-order valence-electron chi connectivity index (χ4n) is 3.84. The lowest BCUT2D eigenvalue weighted by Crippen LogP contribution is -2.43. The molecule has 1 fully saturated rings. The number of nitrogens with zero attached hydrogens (tertiary/aromatic N) is 2. The molecule has 0 bridgehead atoms. The van der Waals surface area contributed by atoms with E-state index in [1.165, 1.54) is 9.47 Å². The van der Waals surface area contributed by atoms with Crippen molar-refractivity contribution in [1.29, 1.82) is 0 Å². The van der Waals surface area contributed by atoms with Crippen LogP contribution >= 0.6 is 0 Å². The molecule has 180 valence electrons. The van der Waals surface area contributed by atoms with Crippen LogP contribution in [0.15, 0.2) is 33.9 Å². The molecule has 0 spiro atoms. The fraction of sp³-hybridized carbons (Fsp3) is 0.542. The molecule has 1 aliphatic heterocycles. The minimum atomic E-state index is -0.678. The van der Waals surface area contributed by atoms with Crippen LogP contribution in [0.2, 0.25) is 0 Å². The molecule has 3 N–H and O–H groups in total. The lowest BCUT2D eigenvalue weighted by atomic mass is 10.1. The Morgan fingerprint density at radius 2 is 1.91 bits per heavy atom. The van der Waals surface area contributed by atoms with Gasteiger partial charge in [0, 0.05) is 25.3 Å². The van der Waals surface area contributed by atoms with Gasteiger partial charge >= 0.3 is 5.69 Å². The zero-order chi connectivity index (χ0) is 24.1. The van der Waals surface area contributed by atoms with E-state index in [1.807, 2.05) is 27.7 Å². The zero-order valence-electron chi connectivity index (χ0n) is 19.8. The molecule has 9 nitrogen and oxygen atoms in total. The molecule has 1 atom stereocenters. The second kappa shape index (κ2) is 10.7. The maximum atomic E-state index is 13.5. The number of nitrogens with one attached hydrogen (secondary N) is 1. The van der Waals surface area contributed by atoms with Gasteiger partial charge in [-0.15, -0.1) is 0 Å². The molecule has 2 heterocycles. The third kappa shape index (κ3) is 6.04. The number of nitrogens with two attached hydrogens (primary N) is 1. The molecule has 1 aromatic carbocycles. The van der Waals surface area contributed by atoms with Gasteiger partial charge in [-0.3, -0.25) is 19.1 Å². The predicted octanol–water partition coefficient (Wildman–Crippen LogP) is 2.64. The van der Waals surface area contributed by atoms with Gasteiger partial charge in [-0.1, -0.05) is 27.7 Å². The molecule has 0 aliphatic carbocycles. The van der Waals surface area contributed by atoms with Crippen molar-refractivity contribution in [2.75, 3.05) is 30.4 Å². The molecule has 1 aliphatic rings. The van der Waals surface area contributed by atoms with Gasteiger partial charge in [-0.05, 0) is 48.9 Å². The minimum absolute atomic E-state index is 0.00680. The number of ether oxygens (including phenoxy) is 2. The lowest BCUT2D eigenvalue weighted by molar-refractivity contribution is 0.0679. The SMILES string of the molecule is CC(C)CN(C(=O)c1ccc(OC[C@H]2CCCO2)cc1)c1c(N)n(CC(C)C)c(=O)[nH]c1=O. The van der Waals surface area contributed by atoms with E-state index in [9.17, 15) is 14.4 Å². The summed E-state index contributed by atoms with van der Waals surface area (Å²) in [4.78, 5) is 42.2. The highest BCUT2D eigenvalue weighted by Gasteiger charge is 2.26. The zero-order valence-corrected chi connectivity index (χ0v) is 19.8. The Kier molecular flexibility index (Phi) is 7.97. The number of hydrogen-bond acceptors (Lipinski definition) is 6. The Morgan fingerprint density at radius 3 is 2.48 bits per heavy atom. The fourth-order valence-corrected chi connectivity index (χ4v) is 3.84. The van der Waals surface area contributed by atoms with Gasteiger partial charge in [0.05, 0.1) is 6.10 Å². The quantitative estimate of drug-likeness (QED) is 0.596. The van der Waals surface area contributed by atoms with Crippen molar-refractivity contribution in [2.45, 2.75) is 53.2 Å². The summed E-state index contributed by atoms with van der Waals surface area (Å²) in [5.74, 6) is 0.442. The summed E-state index contributed by atoms with van der Waals surface area (Å²) in [5, 5.41) is 0. The van der Waals surface area contributed by atoms with E-state index < -0.39 is 11.2 Å². The first-order valence-electron chi connectivity index (χ1n) is 11.5. The van der Waals surface area contributed by atoms with Crippen LogP contribution in [-0.4, -0.2) is 41.3 Å². The molecule has 0 saturated carbocycles. The summed E-state index contributed by atoms with van der Waals surface area (Å²) in [6.07, 6.45) is 2.12. The molecule has 0 unspecified atom stereocenters. The molecular formula is C24H34N4O5. The van der Waals surface area contributed by atoms with Crippen LogP contribution in [-0.2, 0) is 11.3 Å². The van der Waals surface area contributed by atoms with E-state index in [-0.39, 0.29) is 41.9 Å². The molecule has 1 saturated heterocycles. The molecular weight excluding hydrogens is 424 g/mol. The van der Waals surface area contributed by atoms with Crippen LogP contribution in [0.4, 0.5) is 11.5 Å². The van der Waals surface area contributed by atoms with Gasteiger partial charge in [-0.2, -0.15) is 0 Å². The van der Waals surface area contributed by atoms with Crippen molar-refractivity contribution >= 4 is 17.4 Å². The molecule has 3 rings (SSSR count). The number of amides is 1. The Labute approximate surface area is 193 Å². The summed E-state index contributed by atoms with van der Waals surface area (Å²) in [5.41, 5.74) is 5.39. The highest BCUT2D eigenvalue weighted by Crippen LogP contribution is 2.23. The number of carbonyl (C=O) groups is 1. The average Bonchev–Trinajstić information content (AvgIpc) is 3.27. The number of benzene rings is 1. The van der Waals surface area contributed by atoms with Crippen molar-refractivity contribution in [3.8, 4) is 5.75 Å². The van der Waals surface area contributed by atoms with Crippen LogP contribution in [0.3, 0.4) is 0 Å². The van der Waals surface area contributed by atoms with Crippen molar-refractivity contribution in [2.24, 2.45) is 11.8 Å². The summed E-state index contributed by atoms with van der Waals surface area (Å²) in [7, 11) is 0. The highest BCUT2D eigenvalue weighted by molar-refractivity contribution is 6.07. The topological polar surface area (TPSA) is 120 Å². The molecule has 1 amide bonds. The van der Waals surface area contributed by atoms with Crippen molar-refractivity contribution in [1.82, 2.24) is 9.55 Å². The van der Waals surface area contributed by atoms with E-state index in [1.54, 1.807) is 24.3 Å². The standard InChI is InChI=1S/C24H34N4O5/c1-15(2)12-27(20-21(25)28(13-16(3)4)24(31)26-22(20)29)23(30)17-7-9-18(10-8-17)33-14-19-6-5-11-32-19/h7-10,15-16,19H,5-6,11-14,25H2,1-4H3,(H,26,29,31)/t19-/m1/s1. The normalized spacial score (nSPS) is 15.9. The first-order valence-corrected chi connectivity index (χ1v) is 11.5. The summed E-state index contributed by atoms with van der Waals surface area (Å²) in [6, 6.07) is 6.77. The van der Waals surface area contributed by atoms with Crippen LogP contribution in [0, 0.1) is 11.8 Å². The van der Waals surface area contributed by atoms with Gasteiger partial charge in [-0.25, -0.2) is 4.79 Å². The largest absolute Gasteiger partial charge is 0.491 e. The number of aromatic nitrogens is 2. The second-order valence-corrected chi connectivity index (χ2v) is 9.28. The van der Waals surface area contributed by atoms with Gasteiger partial charge in [0.25, 0.3) is 11.5 Å². The number of H-pyrrole nitrogens is 1. The van der Waals surface area contributed by atoms with E-state index in [2.05, 4.69) is 4.98 Å². The second-order valence-electron chi connectivity index (χ2n) is 9.28. The van der Waals surface area contributed by atoms with Gasteiger partial charge in [0.2, 0.25) is 0 Å². The maximum Gasteiger partial charge on any atom is 0.330 e. The molecule has 2 aromatic rings. The smallest absolute Gasteiger partial charge is 0.330 e. The summed E-state index contributed by atoms with van der Waals surface area (Å²) in [6.45, 7) is 9.59. The third-order valence-corrected chi connectivity index (χ3v) is 5.39. The Balaban J connectivity index is 1.89. The Hall–Kier alpha value is -3.07. The monoisotopic (exact) mass is 458 g/mol. The average molecular weight is 459 g/mol. The number of anilines is 2. The first kappa shape index (κ1) is 24.6. The first-order chi connectivity index (χ1) is 15.7. The van der Waals surface area contributed by atoms with Crippen molar-refractivity contribution < 1.29 is 14.3 Å². The number of aromatic amines is 1. The number of hydrogen-bond donors (Lipinski definition) is 2. The third-order valence-electron chi connectivity index (χ3n) is 5.39. The molecule has 1 aromatic heterocycles. The Morgan fingerprint density at radius 1 is 1.21 bits per heavy atom. The number of carbonyl (C=O) groups excluding carboxylic acids is 1. The lowest BCUT2D eigenvalue weighted by Gasteiger charge is -2.26. The van der Waals surface area contributed by atoms with Gasteiger partial charge < -0.3 is 20.1 Å². The molecule has 33 heavy (non-hydrogen) atoms. The highest BCUT2D eigenvalue weighted by atomic mass is 16.5. The predicted molar refractivity (Wildman–Crippen MR) is 128 cm³/mol. The van der Waals surface area contributed by atoms with E-state index >= 15 is 0 Å². The van der Waals surface area contributed by atoms with Crippen LogP contribution < -0.4 is 26.6 Å². The van der Waals surface area contributed by atoms with Gasteiger partial charge in [0.15, 0.2) is 5.69 Å². The maximum absolute atomic E-state index is 13.5. The van der Waals surface area contributed by atoms with Crippen LogP contribution in [0.1, 0.15) is 50.9 Å². The van der Waals surface area contributed by atoms with Crippen molar-refractivity contribution in [3.05, 3.63) is 50.7 Å². The van der Waals surface area contributed by atoms with Crippen LogP contribution in [0.25, 0.3) is 0 Å². The summed E-state index contributed by atoms with van der Waals surface area (Å²) < 4.78 is 12.6. The van der Waals surface area contributed by atoms with Crippen molar-refractivity contribution in [3.63, 3.8) is 0 Å². The summed E-state index contributed by atoms with van der Waals surface area (Å²) >= 11 is 0. The number of nitrogen functional groups attached to an aromatic ring is 1. The van der Waals surface area contributed by atoms with E-state index in [4.69, 9.17) is 15.2 Å². The van der Waals surface area contributed by atoms with Gasteiger partial charge in [0.1, 0.15) is 18.2 Å². The van der Waals surface area contributed by atoms with E-state index in [0.717, 1.165) is 19.4 Å². The van der Waals surface area contributed by atoms with E-state index in [0.29, 0.717) is 24.5 Å². The molecule has 0 radical (unpaired) electrons. The van der Waals surface area contributed by atoms with Crippen LogP contribution in [0.5, 0.6) is 5.75 Å². The molecule has 9 heteroatoms. The number of rotatable bonds is 9. The Bertz CT molecular complexity index is 1070. The minimum Gasteiger partial charge on any atom is -0.491 e.